The van der Waals surface area contributed by atoms with Crippen LogP contribution in [0.2, 0.25) is 0 Å². The van der Waals surface area contributed by atoms with Crippen LogP contribution in [0.3, 0.4) is 0 Å². The summed E-state index contributed by atoms with van der Waals surface area (Å²) in [7, 11) is -4.19. The van der Waals surface area contributed by atoms with E-state index in [1.807, 2.05) is 18.2 Å². The molecule has 0 bridgehead atoms. The normalized spacial score (nSPS) is 20.5. The molecule has 0 radical (unpaired) electrons. The minimum Gasteiger partial charge on any atom is -0.490 e. The minimum atomic E-state index is -4.88. The van der Waals surface area contributed by atoms with E-state index >= 15 is 0 Å². The van der Waals surface area contributed by atoms with Crippen molar-refractivity contribution < 1.29 is 40.7 Å². The molecular weight excluding hydrogens is 637 g/mol. The molecule has 2 aliphatic heterocycles. The highest BCUT2D eigenvalue weighted by molar-refractivity contribution is 7.89. The number of halogens is 3. The van der Waals surface area contributed by atoms with Crippen LogP contribution in [0.25, 0.3) is 10.8 Å². The number of nitrogens with two attached hydrogens (primary N) is 1. The number of amides is 2. The van der Waals surface area contributed by atoms with Crippen LogP contribution in [0.15, 0.2) is 65.6 Å². The monoisotopic (exact) mass is 674 g/mol. The average molecular weight is 675 g/mol. The molecule has 3 aliphatic rings. The van der Waals surface area contributed by atoms with Crippen LogP contribution in [0.4, 0.5) is 13.2 Å². The number of hydrogen-bond donors (Lipinski definition) is 1. The van der Waals surface area contributed by atoms with Gasteiger partial charge in [-0.15, -0.1) is 13.2 Å². The first-order chi connectivity index (χ1) is 22.4. The van der Waals surface area contributed by atoms with Gasteiger partial charge in [0, 0.05) is 44.3 Å². The maximum atomic E-state index is 14.2. The fourth-order valence-corrected chi connectivity index (χ4v) is 8.12. The van der Waals surface area contributed by atoms with Gasteiger partial charge in [0.25, 0.3) is 5.91 Å². The summed E-state index contributed by atoms with van der Waals surface area (Å²) in [5, 5.41) is 1.52. The van der Waals surface area contributed by atoms with Crippen LogP contribution in [-0.4, -0.2) is 91.6 Å². The number of alkyl halides is 3. The molecule has 1 unspecified atom stereocenters. The predicted octanol–water partition coefficient (Wildman–Crippen LogP) is 4.52. The maximum Gasteiger partial charge on any atom is 0.573 e. The number of benzene rings is 3. The number of fused-ring (bicyclic) bond motifs is 1. The summed E-state index contributed by atoms with van der Waals surface area (Å²) in [6.45, 7) is 0.318. The standard InChI is InChI=1S/C33H37F3N4O6S/c34-33(35,36)46-27-9-5-22(6-10-27)31(41)39-17-18-40(30(21-39)32(42)38-15-13-25(37)14-16-38)47(43,44)29-12-8-23-19-28(11-7-24(23)20-29)45-26-3-1-2-4-26/h5-12,19-20,25-26,30H,1-4,13-18,21,37H2. The van der Waals surface area contributed by atoms with Gasteiger partial charge in [0.1, 0.15) is 17.5 Å². The molecule has 0 spiro atoms. The number of carbonyl (C=O) groups excluding carboxylic acids is 2. The van der Waals surface area contributed by atoms with E-state index in [1.165, 1.54) is 23.1 Å². The maximum absolute atomic E-state index is 14.2. The van der Waals surface area contributed by atoms with Gasteiger partial charge in [0.2, 0.25) is 15.9 Å². The number of piperazine rings is 1. The van der Waals surface area contributed by atoms with E-state index in [0.29, 0.717) is 31.3 Å². The molecule has 47 heavy (non-hydrogen) atoms. The average Bonchev–Trinajstić information content (AvgIpc) is 3.56. The van der Waals surface area contributed by atoms with Gasteiger partial charge in [-0.1, -0.05) is 12.1 Å². The fourth-order valence-electron chi connectivity index (χ4n) is 6.52. The van der Waals surface area contributed by atoms with Crippen LogP contribution in [0.5, 0.6) is 11.5 Å². The zero-order valence-corrected chi connectivity index (χ0v) is 26.5. The van der Waals surface area contributed by atoms with Gasteiger partial charge >= 0.3 is 6.36 Å². The summed E-state index contributed by atoms with van der Waals surface area (Å²) in [4.78, 5) is 30.3. The van der Waals surface area contributed by atoms with Crippen LogP contribution in [-0.2, 0) is 14.8 Å². The first kappa shape index (κ1) is 33.0. The SMILES string of the molecule is NC1CCN(C(=O)C2CN(C(=O)c3ccc(OC(F)(F)F)cc3)CCN2S(=O)(=O)c2ccc3cc(OC4CCCC4)ccc3c2)CC1. The van der Waals surface area contributed by atoms with Crippen LogP contribution in [0, 0.1) is 0 Å². The summed E-state index contributed by atoms with van der Waals surface area (Å²) >= 11 is 0. The van der Waals surface area contributed by atoms with Crippen LogP contribution in [0.1, 0.15) is 48.9 Å². The number of rotatable bonds is 7. The Morgan fingerprint density at radius 3 is 2.11 bits per heavy atom. The van der Waals surface area contributed by atoms with Gasteiger partial charge in [0.05, 0.1) is 11.0 Å². The molecule has 3 fully saturated rings. The summed E-state index contributed by atoms with van der Waals surface area (Å²) in [5.41, 5.74) is 6.12. The second kappa shape index (κ2) is 13.3. The van der Waals surface area contributed by atoms with Crippen molar-refractivity contribution in [2.75, 3.05) is 32.7 Å². The van der Waals surface area contributed by atoms with Gasteiger partial charge in [-0.3, -0.25) is 9.59 Å². The number of hydrogen-bond acceptors (Lipinski definition) is 7. The Balaban J connectivity index is 1.24. The van der Waals surface area contributed by atoms with Crippen molar-refractivity contribution in [2.24, 2.45) is 5.73 Å². The van der Waals surface area contributed by atoms with Crippen molar-refractivity contribution in [1.29, 1.82) is 0 Å². The molecule has 14 heteroatoms. The lowest BCUT2D eigenvalue weighted by atomic mass is 10.0. The molecule has 3 aromatic rings. The topological polar surface area (TPSA) is 122 Å². The Morgan fingerprint density at radius 2 is 1.43 bits per heavy atom. The highest BCUT2D eigenvalue weighted by Gasteiger charge is 2.43. The first-order valence-corrected chi connectivity index (χ1v) is 17.2. The third kappa shape index (κ3) is 7.49. The van der Waals surface area contributed by atoms with E-state index in [4.69, 9.17) is 10.5 Å². The highest BCUT2D eigenvalue weighted by Crippen LogP contribution is 2.31. The van der Waals surface area contributed by atoms with Gasteiger partial charge in [-0.2, -0.15) is 4.31 Å². The number of carbonyl (C=O) groups is 2. The Bertz CT molecular complexity index is 1720. The Hall–Kier alpha value is -3.88. The zero-order chi connectivity index (χ0) is 33.3. The highest BCUT2D eigenvalue weighted by atomic mass is 32.2. The third-order valence-corrected chi connectivity index (χ3v) is 11.0. The number of piperidine rings is 1. The van der Waals surface area contributed by atoms with Gasteiger partial charge in [-0.05, 0) is 97.8 Å². The summed E-state index contributed by atoms with van der Waals surface area (Å²) in [6, 6.07) is 13.6. The molecule has 1 atom stereocenters. The van der Waals surface area contributed by atoms with Crippen LogP contribution >= 0.6 is 0 Å². The molecular formula is C33H37F3N4O6S. The van der Waals surface area contributed by atoms with Crippen molar-refractivity contribution in [2.45, 2.75) is 68.0 Å². The smallest absolute Gasteiger partial charge is 0.490 e. The lowest BCUT2D eigenvalue weighted by molar-refractivity contribution is -0.274. The second-order valence-corrected chi connectivity index (χ2v) is 14.2. The molecule has 1 saturated carbocycles. The molecule has 2 N–H and O–H groups in total. The Morgan fingerprint density at radius 1 is 0.787 bits per heavy atom. The number of sulfonamides is 1. The number of likely N-dealkylation sites (tertiary alicyclic amines) is 1. The zero-order valence-electron chi connectivity index (χ0n) is 25.7. The molecule has 3 aromatic carbocycles. The Labute approximate surface area is 271 Å². The van der Waals surface area contributed by atoms with Crippen molar-refractivity contribution in [3.8, 4) is 11.5 Å². The Kier molecular flexibility index (Phi) is 9.36. The van der Waals surface area contributed by atoms with Crippen LogP contribution < -0.4 is 15.2 Å². The quantitative estimate of drug-likeness (QED) is 0.391. The molecule has 2 saturated heterocycles. The molecule has 2 heterocycles. The minimum absolute atomic E-state index is 0.0213. The van der Waals surface area contributed by atoms with Gasteiger partial charge in [-0.25, -0.2) is 8.42 Å². The predicted molar refractivity (Wildman–Crippen MR) is 167 cm³/mol. The van der Waals surface area contributed by atoms with E-state index < -0.39 is 40.0 Å². The molecule has 10 nitrogen and oxygen atoms in total. The second-order valence-electron chi connectivity index (χ2n) is 12.3. The molecule has 0 aromatic heterocycles. The van der Waals surface area contributed by atoms with Crippen molar-refractivity contribution >= 4 is 32.6 Å². The van der Waals surface area contributed by atoms with E-state index in [2.05, 4.69) is 4.74 Å². The molecule has 2 amide bonds. The number of nitrogens with zero attached hydrogens (tertiary/aromatic N) is 3. The summed E-state index contributed by atoms with van der Waals surface area (Å²) in [6.07, 6.45) is 0.758. The van der Waals surface area contributed by atoms with Crippen molar-refractivity contribution in [3.05, 3.63) is 66.2 Å². The molecule has 252 valence electrons. The lowest BCUT2D eigenvalue weighted by Gasteiger charge is -2.42. The van der Waals surface area contributed by atoms with Crippen molar-refractivity contribution in [1.82, 2.24) is 14.1 Å². The van der Waals surface area contributed by atoms with Gasteiger partial charge in [0.15, 0.2) is 0 Å². The third-order valence-electron chi connectivity index (χ3n) is 9.08. The van der Waals surface area contributed by atoms with E-state index in [-0.39, 0.29) is 42.2 Å². The summed E-state index contributed by atoms with van der Waals surface area (Å²) < 4.78 is 77.3. The molecule has 6 rings (SSSR count). The van der Waals surface area contributed by atoms with Gasteiger partial charge < -0.3 is 25.0 Å². The summed E-state index contributed by atoms with van der Waals surface area (Å²) in [5.74, 6) is -0.716. The lowest BCUT2D eigenvalue weighted by Crippen LogP contribution is -2.62. The van der Waals surface area contributed by atoms with E-state index in [0.717, 1.165) is 53.3 Å². The fraction of sp³-hybridized carbons (Fsp3) is 0.455. The molecule has 1 aliphatic carbocycles. The van der Waals surface area contributed by atoms with Crippen molar-refractivity contribution in [3.63, 3.8) is 0 Å². The number of ether oxygens (including phenoxy) is 2. The largest absolute Gasteiger partial charge is 0.573 e. The first-order valence-electron chi connectivity index (χ1n) is 15.8. The van der Waals surface area contributed by atoms with E-state index in [9.17, 15) is 31.2 Å². The van der Waals surface area contributed by atoms with E-state index in [1.54, 1.807) is 17.0 Å².